The van der Waals surface area contributed by atoms with Crippen molar-refractivity contribution in [3.63, 3.8) is 0 Å². The first kappa shape index (κ1) is 19.6. The van der Waals surface area contributed by atoms with Gasteiger partial charge in [-0.15, -0.1) is 11.6 Å². The van der Waals surface area contributed by atoms with Gasteiger partial charge in [0.05, 0.1) is 31.8 Å². The van der Waals surface area contributed by atoms with Crippen molar-refractivity contribution >= 4 is 11.6 Å². The van der Waals surface area contributed by atoms with Gasteiger partial charge in [0.15, 0.2) is 0 Å². The molecule has 1 unspecified atom stereocenters. The Bertz CT molecular complexity index is 77.0. The fourth-order valence-corrected chi connectivity index (χ4v) is 0.146. The van der Waals surface area contributed by atoms with Crippen molar-refractivity contribution < 1.29 is 20.4 Å². The lowest BCUT2D eigenvalue weighted by atomic mass is 10.5. The summed E-state index contributed by atoms with van der Waals surface area (Å²) in [6.45, 7) is -0.497. The Morgan fingerprint density at radius 1 is 1.07 bits per heavy atom. The number of aliphatic hydroxyl groups excluding tert-OH is 4. The Morgan fingerprint density at radius 3 is 1.36 bits per heavy atom. The summed E-state index contributed by atoms with van der Waals surface area (Å²) in [5.74, 6) is 0.108. The van der Waals surface area contributed by atoms with Gasteiger partial charge in [0.1, 0.15) is 0 Å². The molecule has 5 nitrogen and oxygen atoms in total. The Hall–Kier alpha value is 0.0900. The molecule has 4 N–H and O–H groups in total. The highest BCUT2D eigenvalue weighted by Gasteiger charge is 1.94. The lowest BCUT2D eigenvalue weighted by Gasteiger charge is -1.95. The first-order chi connectivity index (χ1) is 6.45. The van der Waals surface area contributed by atoms with Crippen LogP contribution in [0.5, 0.6) is 0 Å². The molecule has 0 aliphatic heterocycles. The number of hydrogen-bond acceptors (Lipinski definition) is 5. The maximum atomic E-state index is 8.28. The second-order valence-corrected chi connectivity index (χ2v) is 3.09. The van der Waals surface area contributed by atoms with Crippen molar-refractivity contribution in [3.8, 4) is 0 Å². The molecule has 0 saturated heterocycles. The predicted molar refractivity (Wildman–Crippen MR) is 57.6 cm³/mol. The van der Waals surface area contributed by atoms with Gasteiger partial charge >= 0.3 is 0 Å². The molecule has 0 fully saturated rings. The van der Waals surface area contributed by atoms with Crippen LogP contribution in [0.4, 0.5) is 0 Å². The summed E-state index contributed by atoms with van der Waals surface area (Å²) in [5, 5.41) is 31.5. The molecule has 90 valence electrons. The van der Waals surface area contributed by atoms with Crippen molar-refractivity contribution in [3.05, 3.63) is 0 Å². The van der Waals surface area contributed by atoms with Crippen LogP contribution in [0.15, 0.2) is 0 Å². The van der Waals surface area contributed by atoms with E-state index < -0.39 is 6.10 Å². The smallest absolute Gasteiger partial charge is 0.0905 e. The molecule has 0 bridgehead atoms. The molecule has 0 aromatic rings. The van der Waals surface area contributed by atoms with Crippen molar-refractivity contribution in [2.45, 2.75) is 6.10 Å². The molecule has 0 aromatic heterocycles. The van der Waals surface area contributed by atoms with E-state index in [1.165, 1.54) is 0 Å². The van der Waals surface area contributed by atoms with Crippen molar-refractivity contribution in [1.29, 1.82) is 0 Å². The van der Waals surface area contributed by atoms with Gasteiger partial charge in [-0.3, -0.25) is 0 Å². The second kappa shape index (κ2) is 18.8. The van der Waals surface area contributed by atoms with Crippen LogP contribution in [0, 0.1) is 0 Å². The first-order valence-electron chi connectivity index (χ1n) is 4.13. The highest BCUT2D eigenvalue weighted by atomic mass is 35.5. The van der Waals surface area contributed by atoms with E-state index in [0.29, 0.717) is 0 Å². The summed E-state index contributed by atoms with van der Waals surface area (Å²) in [6, 6.07) is 0. The number of rotatable bonds is 3. The summed E-state index contributed by atoms with van der Waals surface area (Å²) >= 11 is 5.04. The van der Waals surface area contributed by atoms with Gasteiger partial charge in [-0.2, -0.15) is 0 Å². The molecule has 0 aromatic carbocycles. The minimum absolute atomic E-state index is 0.108. The highest BCUT2D eigenvalue weighted by molar-refractivity contribution is 6.18. The molecule has 0 saturated carbocycles. The summed E-state index contributed by atoms with van der Waals surface area (Å²) in [6.07, 6.45) is -0.744. The fraction of sp³-hybridized carbons (Fsp3) is 1.00. The monoisotopic (exact) mass is 231 g/mol. The van der Waals surface area contributed by atoms with E-state index in [4.69, 9.17) is 32.0 Å². The summed E-state index contributed by atoms with van der Waals surface area (Å²) in [4.78, 5) is 2.00. The molecule has 0 amide bonds. The average molecular weight is 232 g/mol. The van der Waals surface area contributed by atoms with Crippen LogP contribution in [-0.4, -0.2) is 78.3 Å². The van der Waals surface area contributed by atoms with Crippen LogP contribution in [0.3, 0.4) is 0 Å². The van der Waals surface area contributed by atoms with Crippen LogP contribution in [-0.2, 0) is 0 Å². The SMILES string of the molecule is CN(C)C.OCC(O)CCl.OCCO. The lowest BCUT2D eigenvalue weighted by Crippen LogP contribution is -2.12. The molecule has 6 heteroatoms. The maximum absolute atomic E-state index is 8.28. The molecular formula is C8H22ClNO4. The molecule has 0 heterocycles. The number of alkyl halides is 1. The minimum atomic E-state index is -0.744. The van der Waals surface area contributed by atoms with Gasteiger partial charge < -0.3 is 25.3 Å². The van der Waals surface area contributed by atoms with E-state index in [9.17, 15) is 0 Å². The standard InChI is InChI=1S/C3H7ClO2.C3H9N.C2H6O2/c4-1-3(6)2-5;1-4(2)3;3-1-2-4/h3,5-6H,1-2H2;1-3H3;3-4H,1-2H2. The highest BCUT2D eigenvalue weighted by Crippen LogP contribution is 1.81. The zero-order chi connectivity index (χ0) is 12.0. The van der Waals surface area contributed by atoms with Gasteiger partial charge in [-0.1, -0.05) is 0 Å². The molecular weight excluding hydrogens is 210 g/mol. The van der Waals surface area contributed by atoms with E-state index >= 15 is 0 Å². The Balaban J connectivity index is -0.000000135. The molecule has 0 spiro atoms. The first-order valence-corrected chi connectivity index (χ1v) is 4.67. The fourth-order valence-electron chi connectivity index (χ4n) is 0.0488. The summed E-state index contributed by atoms with van der Waals surface area (Å²) in [7, 11) is 6.00. The van der Waals surface area contributed by atoms with Crippen LogP contribution < -0.4 is 0 Å². The average Bonchev–Trinajstić information content (AvgIpc) is 2.16. The normalized spacial score (nSPS) is 10.9. The molecule has 0 radical (unpaired) electrons. The van der Waals surface area contributed by atoms with E-state index in [1.807, 2.05) is 26.0 Å². The van der Waals surface area contributed by atoms with E-state index in [2.05, 4.69) is 0 Å². The lowest BCUT2D eigenvalue weighted by molar-refractivity contribution is 0.112. The minimum Gasteiger partial charge on any atom is -0.394 e. The van der Waals surface area contributed by atoms with E-state index in [0.717, 1.165) is 0 Å². The third-order valence-corrected chi connectivity index (χ3v) is 0.845. The Morgan fingerprint density at radius 2 is 1.36 bits per heavy atom. The third kappa shape index (κ3) is 57.4. The summed E-state index contributed by atoms with van der Waals surface area (Å²) in [5.41, 5.74) is 0. The van der Waals surface area contributed by atoms with E-state index in [1.54, 1.807) is 0 Å². The van der Waals surface area contributed by atoms with Gasteiger partial charge in [-0.05, 0) is 21.1 Å². The van der Waals surface area contributed by atoms with Crippen LogP contribution in [0.25, 0.3) is 0 Å². The number of hydrogen-bond donors (Lipinski definition) is 4. The Kier molecular flexibility index (Phi) is 26.4. The van der Waals surface area contributed by atoms with Gasteiger partial charge in [0.2, 0.25) is 0 Å². The van der Waals surface area contributed by atoms with Gasteiger partial charge in [0.25, 0.3) is 0 Å². The maximum Gasteiger partial charge on any atom is 0.0905 e. The van der Waals surface area contributed by atoms with Crippen molar-refractivity contribution in [1.82, 2.24) is 4.90 Å². The number of nitrogens with zero attached hydrogens (tertiary/aromatic N) is 1. The quantitative estimate of drug-likeness (QED) is 0.455. The largest absolute Gasteiger partial charge is 0.394 e. The Labute approximate surface area is 90.5 Å². The molecule has 0 aliphatic rings. The second-order valence-electron chi connectivity index (χ2n) is 2.78. The third-order valence-electron chi connectivity index (χ3n) is 0.489. The van der Waals surface area contributed by atoms with Crippen LogP contribution >= 0.6 is 11.6 Å². The topological polar surface area (TPSA) is 84.2 Å². The van der Waals surface area contributed by atoms with Gasteiger partial charge in [0, 0.05) is 0 Å². The van der Waals surface area contributed by atoms with Crippen LogP contribution in [0.1, 0.15) is 0 Å². The molecule has 1 atom stereocenters. The van der Waals surface area contributed by atoms with Crippen molar-refractivity contribution in [2.24, 2.45) is 0 Å². The van der Waals surface area contributed by atoms with Gasteiger partial charge in [-0.25, -0.2) is 0 Å². The number of aliphatic hydroxyl groups is 4. The zero-order valence-electron chi connectivity index (χ0n) is 9.02. The van der Waals surface area contributed by atoms with Crippen molar-refractivity contribution in [2.75, 3.05) is 46.8 Å². The van der Waals surface area contributed by atoms with E-state index in [-0.39, 0.29) is 25.7 Å². The molecule has 0 aliphatic carbocycles. The molecule has 14 heavy (non-hydrogen) atoms. The van der Waals surface area contributed by atoms with Crippen LogP contribution in [0.2, 0.25) is 0 Å². The predicted octanol–water partition coefficient (Wildman–Crippen LogP) is -1.27. The summed E-state index contributed by atoms with van der Waals surface area (Å²) < 4.78 is 0. The zero-order valence-corrected chi connectivity index (χ0v) is 9.78. The number of halogens is 1. The molecule has 0 rings (SSSR count).